The smallest absolute Gasteiger partial charge is 0.309 e. The molecule has 84 valence electrons. The van der Waals surface area contributed by atoms with E-state index in [0.717, 1.165) is 11.1 Å². The number of hydrogen-bond acceptors (Lipinski definition) is 3. The number of nitrogens with two attached hydrogens (primary N) is 1. The Morgan fingerprint density at radius 2 is 1.93 bits per heavy atom. The zero-order valence-electron chi connectivity index (χ0n) is 8.90. The van der Waals surface area contributed by atoms with Crippen LogP contribution < -0.4 is 5.73 Å². The van der Waals surface area contributed by atoms with Gasteiger partial charge in [-0.05, 0) is 18.1 Å². The standard InChI is InChI=1S/C11H15NO2.ClH/c1-8(12)10-5-3-9(4-6-10)7-11(13)14-2;/h3-6,8H,7,12H2,1-2H3;1H/t8-;/m0./s1. The van der Waals surface area contributed by atoms with Gasteiger partial charge in [0.25, 0.3) is 0 Å². The van der Waals surface area contributed by atoms with E-state index in [0.29, 0.717) is 6.42 Å². The summed E-state index contributed by atoms with van der Waals surface area (Å²) in [5.41, 5.74) is 7.71. The SMILES string of the molecule is COC(=O)Cc1ccc([C@H](C)N)cc1.Cl. The van der Waals surface area contributed by atoms with Crippen LogP contribution in [0, 0.1) is 0 Å². The number of hydrogen-bond donors (Lipinski definition) is 1. The van der Waals surface area contributed by atoms with E-state index in [4.69, 9.17) is 5.73 Å². The molecule has 1 aromatic carbocycles. The van der Waals surface area contributed by atoms with Gasteiger partial charge in [-0.15, -0.1) is 12.4 Å². The van der Waals surface area contributed by atoms with Gasteiger partial charge in [-0.3, -0.25) is 4.79 Å². The molecule has 0 spiro atoms. The van der Waals surface area contributed by atoms with Gasteiger partial charge >= 0.3 is 5.97 Å². The highest BCUT2D eigenvalue weighted by Gasteiger charge is 2.03. The normalized spacial score (nSPS) is 11.4. The summed E-state index contributed by atoms with van der Waals surface area (Å²) in [7, 11) is 1.39. The summed E-state index contributed by atoms with van der Waals surface area (Å²) in [4.78, 5) is 11.0. The Labute approximate surface area is 96.0 Å². The molecule has 1 aromatic rings. The van der Waals surface area contributed by atoms with Gasteiger partial charge in [0.2, 0.25) is 0 Å². The summed E-state index contributed by atoms with van der Waals surface area (Å²) in [6.45, 7) is 1.93. The highest BCUT2D eigenvalue weighted by Crippen LogP contribution is 2.11. The fraction of sp³-hybridized carbons (Fsp3) is 0.364. The molecule has 0 fully saturated rings. The van der Waals surface area contributed by atoms with Crippen molar-refractivity contribution >= 4 is 18.4 Å². The first kappa shape index (κ1) is 13.9. The van der Waals surface area contributed by atoms with Crippen LogP contribution in [0.25, 0.3) is 0 Å². The van der Waals surface area contributed by atoms with Crippen LogP contribution >= 0.6 is 12.4 Å². The van der Waals surface area contributed by atoms with Gasteiger partial charge in [0.05, 0.1) is 13.5 Å². The zero-order chi connectivity index (χ0) is 10.6. The van der Waals surface area contributed by atoms with Gasteiger partial charge < -0.3 is 10.5 Å². The first-order valence-corrected chi connectivity index (χ1v) is 4.54. The Morgan fingerprint density at radius 3 is 2.33 bits per heavy atom. The Hall–Kier alpha value is -1.06. The van der Waals surface area contributed by atoms with Crippen LogP contribution in [0.4, 0.5) is 0 Å². The van der Waals surface area contributed by atoms with Crippen LogP contribution in [-0.4, -0.2) is 13.1 Å². The number of carbonyl (C=O) groups is 1. The third-order valence-electron chi connectivity index (χ3n) is 2.08. The van der Waals surface area contributed by atoms with Crippen molar-refractivity contribution in [3.8, 4) is 0 Å². The molecule has 0 radical (unpaired) electrons. The second-order valence-electron chi connectivity index (χ2n) is 3.28. The topological polar surface area (TPSA) is 52.3 Å². The van der Waals surface area contributed by atoms with Crippen LogP contribution in [0.3, 0.4) is 0 Å². The molecule has 0 aliphatic heterocycles. The molecule has 0 aliphatic rings. The molecule has 1 atom stereocenters. The molecular formula is C11H16ClNO2. The first-order chi connectivity index (χ1) is 6.63. The summed E-state index contributed by atoms with van der Waals surface area (Å²) in [6.07, 6.45) is 0.315. The highest BCUT2D eigenvalue weighted by atomic mass is 35.5. The molecule has 0 heterocycles. The van der Waals surface area contributed by atoms with Crippen molar-refractivity contribution in [3.63, 3.8) is 0 Å². The van der Waals surface area contributed by atoms with E-state index < -0.39 is 0 Å². The van der Waals surface area contributed by atoms with E-state index >= 15 is 0 Å². The van der Waals surface area contributed by atoms with Gasteiger partial charge in [0.15, 0.2) is 0 Å². The van der Waals surface area contributed by atoms with Crippen molar-refractivity contribution in [2.75, 3.05) is 7.11 Å². The van der Waals surface area contributed by atoms with E-state index in [1.165, 1.54) is 7.11 Å². The molecule has 15 heavy (non-hydrogen) atoms. The third kappa shape index (κ3) is 4.32. The average Bonchev–Trinajstić information content (AvgIpc) is 2.18. The molecule has 0 unspecified atom stereocenters. The summed E-state index contributed by atoms with van der Waals surface area (Å²) in [6, 6.07) is 7.69. The predicted octanol–water partition coefficient (Wildman–Crippen LogP) is 1.84. The number of esters is 1. The lowest BCUT2D eigenvalue weighted by atomic mass is 10.1. The quantitative estimate of drug-likeness (QED) is 0.805. The minimum Gasteiger partial charge on any atom is -0.469 e. The molecule has 0 aromatic heterocycles. The van der Waals surface area contributed by atoms with Crippen molar-refractivity contribution in [1.82, 2.24) is 0 Å². The Bertz CT molecular complexity index is 309. The Balaban J connectivity index is 0.00000196. The minimum atomic E-state index is -0.224. The predicted molar refractivity (Wildman–Crippen MR) is 62.0 cm³/mol. The summed E-state index contributed by atoms with van der Waals surface area (Å²) < 4.78 is 4.57. The second kappa shape index (κ2) is 6.43. The molecular weight excluding hydrogens is 214 g/mol. The summed E-state index contributed by atoms with van der Waals surface area (Å²) in [5, 5.41) is 0. The largest absolute Gasteiger partial charge is 0.469 e. The number of ether oxygens (including phenoxy) is 1. The van der Waals surface area contributed by atoms with Gasteiger partial charge in [-0.2, -0.15) is 0 Å². The molecule has 4 heteroatoms. The lowest BCUT2D eigenvalue weighted by Gasteiger charge is -2.06. The van der Waals surface area contributed by atoms with Gasteiger partial charge in [-0.1, -0.05) is 24.3 Å². The second-order valence-corrected chi connectivity index (χ2v) is 3.28. The van der Waals surface area contributed by atoms with Crippen molar-refractivity contribution in [2.24, 2.45) is 5.73 Å². The summed E-state index contributed by atoms with van der Waals surface area (Å²) in [5.74, 6) is -0.224. The number of halogens is 1. The molecule has 0 amide bonds. The third-order valence-corrected chi connectivity index (χ3v) is 2.08. The summed E-state index contributed by atoms with van der Waals surface area (Å²) >= 11 is 0. The van der Waals surface area contributed by atoms with E-state index in [2.05, 4.69) is 4.74 Å². The number of benzene rings is 1. The maximum atomic E-state index is 11.0. The molecule has 0 saturated heterocycles. The lowest BCUT2D eigenvalue weighted by molar-refractivity contribution is -0.139. The van der Waals surface area contributed by atoms with E-state index in [-0.39, 0.29) is 24.4 Å². The molecule has 3 nitrogen and oxygen atoms in total. The van der Waals surface area contributed by atoms with Gasteiger partial charge in [0, 0.05) is 6.04 Å². The van der Waals surface area contributed by atoms with Crippen molar-refractivity contribution in [1.29, 1.82) is 0 Å². The molecule has 2 N–H and O–H groups in total. The van der Waals surface area contributed by atoms with Gasteiger partial charge in [-0.25, -0.2) is 0 Å². The maximum absolute atomic E-state index is 11.0. The Morgan fingerprint density at radius 1 is 1.40 bits per heavy atom. The molecule has 0 aliphatic carbocycles. The van der Waals surface area contributed by atoms with Crippen LogP contribution in [0.5, 0.6) is 0 Å². The van der Waals surface area contributed by atoms with E-state index in [1.807, 2.05) is 31.2 Å². The number of rotatable bonds is 3. The fourth-order valence-electron chi connectivity index (χ4n) is 1.18. The van der Waals surface area contributed by atoms with E-state index in [9.17, 15) is 4.79 Å². The monoisotopic (exact) mass is 229 g/mol. The molecule has 0 bridgehead atoms. The lowest BCUT2D eigenvalue weighted by Crippen LogP contribution is -2.06. The molecule has 1 rings (SSSR count). The Kier molecular flexibility index (Phi) is 5.97. The molecule has 0 saturated carbocycles. The van der Waals surface area contributed by atoms with Crippen LogP contribution in [-0.2, 0) is 16.0 Å². The van der Waals surface area contributed by atoms with E-state index in [1.54, 1.807) is 0 Å². The highest BCUT2D eigenvalue weighted by molar-refractivity contribution is 5.85. The van der Waals surface area contributed by atoms with Crippen molar-refractivity contribution < 1.29 is 9.53 Å². The van der Waals surface area contributed by atoms with Crippen LogP contribution in [0.1, 0.15) is 24.1 Å². The van der Waals surface area contributed by atoms with Crippen molar-refractivity contribution in [3.05, 3.63) is 35.4 Å². The first-order valence-electron chi connectivity index (χ1n) is 4.54. The fourth-order valence-corrected chi connectivity index (χ4v) is 1.18. The number of methoxy groups -OCH3 is 1. The minimum absolute atomic E-state index is 0. The van der Waals surface area contributed by atoms with Gasteiger partial charge in [0.1, 0.15) is 0 Å². The van der Waals surface area contributed by atoms with Crippen LogP contribution in [0.15, 0.2) is 24.3 Å². The van der Waals surface area contributed by atoms with Crippen LogP contribution in [0.2, 0.25) is 0 Å². The van der Waals surface area contributed by atoms with Crippen molar-refractivity contribution in [2.45, 2.75) is 19.4 Å². The zero-order valence-corrected chi connectivity index (χ0v) is 9.71. The maximum Gasteiger partial charge on any atom is 0.309 e. The average molecular weight is 230 g/mol. The number of carbonyl (C=O) groups excluding carboxylic acids is 1.